The molecule has 0 aromatic heterocycles. The van der Waals surface area contributed by atoms with Crippen molar-refractivity contribution in [2.75, 3.05) is 25.9 Å². The number of nitrogens with two attached hydrogens (primary N) is 1. The van der Waals surface area contributed by atoms with Crippen molar-refractivity contribution in [3.63, 3.8) is 0 Å². The Morgan fingerprint density at radius 2 is 2.05 bits per heavy atom. The van der Waals surface area contributed by atoms with Gasteiger partial charge < -0.3 is 11.1 Å². The van der Waals surface area contributed by atoms with Crippen LogP contribution in [0.3, 0.4) is 0 Å². The van der Waals surface area contributed by atoms with Crippen LogP contribution in [0.15, 0.2) is 17.0 Å². The molecule has 0 unspecified atom stereocenters. The molecule has 1 rings (SSSR count). The Hall–Kier alpha value is -1.31. The third-order valence-electron chi connectivity index (χ3n) is 2.99. The summed E-state index contributed by atoms with van der Waals surface area (Å²) in [6.45, 7) is 3.77. The Morgan fingerprint density at radius 1 is 1.43 bits per heavy atom. The summed E-state index contributed by atoms with van der Waals surface area (Å²) in [7, 11) is -2.48. The predicted molar refractivity (Wildman–Crippen MR) is 83.7 cm³/mol. The molecule has 1 amide bonds. The Kier molecular flexibility index (Phi) is 6.00. The van der Waals surface area contributed by atoms with Crippen molar-refractivity contribution < 1.29 is 13.2 Å². The van der Waals surface area contributed by atoms with E-state index in [-0.39, 0.29) is 22.4 Å². The normalized spacial score (nSPS) is 11.7. The maximum absolute atomic E-state index is 12.5. The van der Waals surface area contributed by atoms with Gasteiger partial charge in [-0.15, -0.1) is 0 Å². The lowest BCUT2D eigenvalue weighted by Crippen LogP contribution is -2.38. The lowest BCUT2D eigenvalue weighted by molar-refractivity contribution is -0.121. The van der Waals surface area contributed by atoms with Gasteiger partial charge in [-0.3, -0.25) is 4.79 Å². The second kappa shape index (κ2) is 7.11. The summed E-state index contributed by atoms with van der Waals surface area (Å²) in [6.07, 6.45) is 0.784. The lowest BCUT2D eigenvalue weighted by atomic mass is 10.2. The van der Waals surface area contributed by atoms with Gasteiger partial charge in [-0.05, 0) is 31.0 Å². The molecule has 21 heavy (non-hydrogen) atoms. The van der Waals surface area contributed by atoms with E-state index < -0.39 is 10.0 Å². The Labute approximate surface area is 130 Å². The molecule has 1 aromatic rings. The highest BCUT2D eigenvalue weighted by molar-refractivity contribution is 7.89. The smallest absolute Gasteiger partial charge is 0.243 e. The zero-order valence-electron chi connectivity index (χ0n) is 12.3. The van der Waals surface area contributed by atoms with E-state index in [9.17, 15) is 13.2 Å². The third-order valence-corrected chi connectivity index (χ3v) is 5.14. The summed E-state index contributed by atoms with van der Waals surface area (Å²) in [5.41, 5.74) is 6.45. The molecule has 0 radical (unpaired) electrons. The van der Waals surface area contributed by atoms with Crippen LogP contribution in [-0.4, -0.2) is 38.8 Å². The van der Waals surface area contributed by atoms with E-state index in [1.165, 1.54) is 19.2 Å². The number of hydrogen-bond acceptors (Lipinski definition) is 4. The fourth-order valence-electron chi connectivity index (χ4n) is 1.72. The minimum Gasteiger partial charge on any atom is -0.398 e. The summed E-state index contributed by atoms with van der Waals surface area (Å²) >= 11 is 5.86. The number of sulfonamides is 1. The maximum Gasteiger partial charge on any atom is 0.243 e. The van der Waals surface area contributed by atoms with Gasteiger partial charge in [0.25, 0.3) is 0 Å². The number of rotatable bonds is 6. The summed E-state index contributed by atoms with van der Waals surface area (Å²) in [5.74, 6) is -0.351. The predicted octanol–water partition coefficient (Wildman–Crippen LogP) is 1.38. The van der Waals surface area contributed by atoms with E-state index in [1.54, 1.807) is 6.92 Å². The highest BCUT2D eigenvalue weighted by Gasteiger charge is 2.25. The topological polar surface area (TPSA) is 92.5 Å². The van der Waals surface area contributed by atoms with Crippen molar-refractivity contribution in [3.8, 4) is 0 Å². The van der Waals surface area contributed by atoms with Crippen LogP contribution in [-0.2, 0) is 14.8 Å². The van der Waals surface area contributed by atoms with Crippen LogP contribution in [0.2, 0.25) is 5.02 Å². The number of anilines is 1. The van der Waals surface area contributed by atoms with E-state index in [0.717, 1.165) is 10.7 Å². The number of benzene rings is 1. The molecule has 1 aromatic carbocycles. The summed E-state index contributed by atoms with van der Waals surface area (Å²) in [6, 6.07) is 2.83. The molecule has 0 aliphatic heterocycles. The molecule has 0 saturated heterocycles. The maximum atomic E-state index is 12.5. The third kappa shape index (κ3) is 4.33. The van der Waals surface area contributed by atoms with Crippen molar-refractivity contribution in [1.82, 2.24) is 9.62 Å². The number of amides is 1. The van der Waals surface area contributed by atoms with Gasteiger partial charge in [-0.25, -0.2) is 8.42 Å². The van der Waals surface area contributed by atoms with Crippen molar-refractivity contribution in [2.24, 2.45) is 0 Å². The zero-order chi connectivity index (χ0) is 16.2. The molecular formula is C13H20ClN3O3S. The van der Waals surface area contributed by atoms with E-state index in [4.69, 9.17) is 17.3 Å². The van der Waals surface area contributed by atoms with Crippen LogP contribution >= 0.6 is 11.6 Å². The van der Waals surface area contributed by atoms with Crippen molar-refractivity contribution in [1.29, 1.82) is 0 Å². The Morgan fingerprint density at radius 3 is 2.62 bits per heavy atom. The number of likely N-dealkylation sites (N-methyl/N-ethyl adjacent to an activating group) is 1. The van der Waals surface area contributed by atoms with E-state index in [0.29, 0.717) is 17.8 Å². The number of nitrogens with zero attached hydrogens (tertiary/aromatic N) is 1. The van der Waals surface area contributed by atoms with Crippen molar-refractivity contribution in [2.45, 2.75) is 25.2 Å². The Balaban J connectivity index is 3.03. The summed E-state index contributed by atoms with van der Waals surface area (Å²) in [5, 5.41) is 2.86. The minimum atomic E-state index is -3.83. The highest BCUT2D eigenvalue weighted by Crippen LogP contribution is 2.27. The molecule has 0 aliphatic carbocycles. The van der Waals surface area contributed by atoms with Crippen molar-refractivity contribution in [3.05, 3.63) is 22.7 Å². The molecule has 118 valence electrons. The first-order chi connectivity index (χ1) is 9.70. The molecule has 0 spiro atoms. The second-order valence-corrected chi connectivity index (χ2v) is 7.18. The van der Waals surface area contributed by atoms with Gasteiger partial charge in [0.1, 0.15) is 0 Å². The number of nitrogens with one attached hydrogen (secondary N) is 1. The first-order valence-electron chi connectivity index (χ1n) is 6.48. The molecule has 3 N–H and O–H groups in total. The van der Waals surface area contributed by atoms with Gasteiger partial charge in [0, 0.05) is 24.3 Å². The minimum absolute atomic E-state index is 0.0123. The number of halogens is 1. The summed E-state index contributed by atoms with van der Waals surface area (Å²) in [4.78, 5) is 11.7. The number of hydrogen-bond donors (Lipinski definition) is 2. The molecule has 8 heteroatoms. The molecule has 0 aliphatic rings. The highest BCUT2D eigenvalue weighted by atomic mass is 35.5. The van der Waals surface area contributed by atoms with Gasteiger partial charge >= 0.3 is 0 Å². The largest absolute Gasteiger partial charge is 0.398 e. The number of nitrogen functional groups attached to an aromatic ring is 1. The second-order valence-electron chi connectivity index (χ2n) is 4.73. The van der Waals surface area contributed by atoms with Gasteiger partial charge in [-0.1, -0.05) is 18.5 Å². The summed E-state index contributed by atoms with van der Waals surface area (Å²) < 4.78 is 26.0. The van der Waals surface area contributed by atoms with Crippen LogP contribution in [0.5, 0.6) is 0 Å². The zero-order valence-corrected chi connectivity index (χ0v) is 13.9. The number of carbonyl (C=O) groups excluding carboxylic acids is 1. The first kappa shape index (κ1) is 17.7. The van der Waals surface area contributed by atoms with Crippen LogP contribution < -0.4 is 11.1 Å². The van der Waals surface area contributed by atoms with Gasteiger partial charge in [0.2, 0.25) is 15.9 Å². The molecule has 0 atom stereocenters. The first-order valence-corrected chi connectivity index (χ1v) is 8.30. The van der Waals surface area contributed by atoms with Crippen molar-refractivity contribution >= 4 is 33.2 Å². The van der Waals surface area contributed by atoms with E-state index >= 15 is 0 Å². The molecule has 0 heterocycles. The Bertz CT molecular complexity index is 632. The molecule has 0 bridgehead atoms. The van der Waals surface area contributed by atoms with E-state index in [1.807, 2.05) is 6.92 Å². The molecule has 0 saturated carbocycles. The fraction of sp³-hybridized carbons (Fsp3) is 0.462. The van der Waals surface area contributed by atoms with E-state index in [2.05, 4.69) is 5.32 Å². The van der Waals surface area contributed by atoms with Gasteiger partial charge in [0.05, 0.1) is 11.4 Å². The van der Waals surface area contributed by atoms with Gasteiger partial charge in [0.15, 0.2) is 0 Å². The number of carbonyl (C=O) groups is 1. The molecule has 6 nitrogen and oxygen atoms in total. The van der Waals surface area contributed by atoms with Gasteiger partial charge in [-0.2, -0.15) is 4.31 Å². The average molecular weight is 334 g/mol. The quantitative estimate of drug-likeness (QED) is 0.769. The SMILES string of the molecule is CCCNC(=O)CN(C)S(=O)(=O)c1cc(Cl)cc(N)c1C. The van der Waals surface area contributed by atoms with Crippen LogP contribution in [0.25, 0.3) is 0 Å². The fourth-order valence-corrected chi connectivity index (χ4v) is 3.41. The van der Waals surface area contributed by atoms with Crippen LogP contribution in [0, 0.1) is 6.92 Å². The monoisotopic (exact) mass is 333 g/mol. The standard InChI is InChI=1S/C13H20ClN3O3S/c1-4-5-16-13(18)8-17(3)21(19,20)12-7-10(14)6-11(15)9(12)2/h6-7H,4-5,8,15H2,1-3H3,(H,16,18). The lowest BCUT2D eigenvalue weighted by Gasteiger charge is -2.19. The van der Waals surface area contributed by atoms with Crippen LogP contribution in [0.4, 0.5) is 5.69 Å². The van der Waals surface area contributed by atoms with Crippen LogP contribution in [0.1, 0.15) is 18.9 Å². The average Bonchev–Trinajstić information content (AvgIpc) is 2.40. The molecule has 0 fully saturated rings. The molecular weight excluding hydrogens is 314 g/mol.